The average molecular weight is 284 g/mol. The number of carbonyl (C=O) groups excluding carboxylic acids is 1. The Morgan fingerprint density at radius 1 is 1.43 bits per heavy atom. The lowest BCUT2D eigenvalue weighted by molar-refractivity contribution is 0.0974. The second-order valence-electron chi connectivity index (χ2n) is 5.51. The van der Waals surface area contributed by atoms with E-state index in [1.54, 1.807) is 9.58 Å². The van der Waals surface area contributed by atoms with Crippen molar-refractivity contribution in [1.29, 1.82) is 0 Å². The molecule has 2 heterocycles. The van der Waals surface area contributed by atoms with Crippen molar-refractivity contribution < 1.29 is 4.79 Å². The van der Waals surface area contributed by atoms with Gasteiger partial charge in [0.25, 0.3) is 5.91 Å². The number of amides is 1. The average Bonchev–Trinajstić information content (AvgIpc) is 2.86. The fourth-order valence-electron chi connectivity index (χ4n) is 2.86. The van der Waals surface area contributed by atoms with E-state index >= 15 is 0 Å². The largest absolute Gasteiger partial charge is 0.326 e. The van der Waals surface area contributed by atoms with Gasteiger partial charge >= 0.3 is 0 Å². The van der Waals surface area contributed by atoms with Gasteiger partial charge in [-0.25, -0.2) is 0 Å². The number of hydrogen-bond donors (Lipinski definition) is 1. The van der Waals surface area contributed by atoms with Crippen LogP contribution in [0.4, 0.5) is 5.69 Å². The predicted molar refractivity (Wildman–Crippen MR) is 82.4 cm³/mol. The number of aryl methyl sites for hydroxylation is 2. The van der Waals surface area contributed by atoms with Crippen molar-refractivity contribution in [2.45, 2.75) is 25.8 Å². The van der Waals surface area contributed by atoms with Gasteiger partial charge in [-0.1, -0.05) is 25.1 Å². The maximum absolute atomic E-state index is 12.9. The van der Waals surface area contributed by atoms with Crippen LogP contribution in [0.5, 0.6) is 0 Å². The van der Waals surface area contributed by atoms with E-state index in [1.165, 1.54) is 0 Å². The van der Waals surface area contributed by atoms with Gasteiger partial charge in [-0.05, 0) is 30.5 Å². The van der Waals surface area contributed by atoms with E-state index in [9.17, 15) is 4.79 Å². The van der Waals surface area contributed by atoms with Crippen LogP contribution in [0.15, 0.2) is 30.3 Å². The number of nitrogens with two attached hydrogens (primary N) is 1. The van der Waals surface area contributed by atoms with Gasteiger partial charge in [0.1, 0.15) is 5.69 Å². The number of anilines is 1. The molecule has 0 aliphatic carbocycles. The van der Waals surface area contributed by atoms with Crippen LogP contribution in [0, 0.1) is 0 Å². The van der Waals surface area contributed by atoms with Gasteiger partial charge in [-0.2, -0.15) is 5.10 Å². The topological polar surface area (TPSA) is 64.2 Å². The van der Waals surface area contributed by atoms with E-state index in [0.717, 1.165) is 29.8 Å². The van der Waals surface area contributed by atoms with Gasteiger partial charge in [0, 0.05) is 25.3 Å². The minimum absolute atomic E-state index is 0.0253. The first-order chi connectivity index (χ1) is 10.1. The Labute approximate surface area is 124 Å². The molecule has 0 radical (unpaired) electrons. The lowest BCUT2D eigenvalue weighted by atomic mass is 9.98. The molecule has 0 fully saturated rings. The van der Waals surface area contributed by atoms with Crippen molar-refractivity contribution in [2.24, 2.45) is 12.8 Å². The van der Waals surface area contributed by atoms with Crippen molar-refractivity contribution >= 4 is 11.6 Å². The van der Waals surface area contributed by atoms with E-state index in [-0.39, 0.29) is 11.9 Å². The minimum Gasteiger partial charge on any atom is -0.326 e. The summed E-state index contributed by atoms with van der Waals surface area (Å²) in [4.78, 5) is 14.6. The highest BCUT2D eigenvalue weighted by atomic mass is 16.2. The Hall–Kier alpha value is -2.14. The predicted octanol–water partition coefficient (Wildman–Crippen LogP) is 1.51. The van der Waals surface area contributed by atoms with Crippen molar-refractivity contribution in [3.05, 3.63) is 47.3 Å². The molecule has 0 saturated heterocycles. The molecule has 1 amide bonds. The zero-order chi connectivity index (χ0) is 15.0. The summed E-state index contributed by atoms with van der Waals surface area (Å²) in [5.74, 6) is -0.0349. The molecule has 1 aromatic heterocycles. The van der Waals surface area contributed by atoms with Gasteiger partial charge < -0.3 is 10.6 Å². The molecule has 1 aromatic carbocycles. The fraction of sp³-hybridized carbons (Fsp3) is 0.375. The van der Waals surface area contributed by atoms with Crippen molar-refractivity contribution in [3.8, 4) is 0 Å². The summed E-state index contributed by atoms with van der Waals surface area (Å²) < 4.78 is 1.66. The number of carbonyl (C=O) groups is 1. The molecule has 3 rings (SSSR count). The molecule has 2 N–H and O–H groups in total. The quantitative estimate of drug-likeness (QED) is 0.909. The zero-order valence-corrected chi connectivity index (χ0v) is 12.4. The maximum Gasteiger partial charge on any atom is 0.276 e. The molecule has 0 spiro atoms. The zero-order valence-electron chi connectivity index (χ0n) is 12.4. The first-order valence-corrected chi connectivity index (χ1v) is 7.28. The SMILES string of the molecule is CCc1cc(C(=O)N2CC(N)Cc3ccccc32)n(C)n1. The van der Waals surface area contributed by atoms with Crippen LogP contribution < -0.4 is 10.6 Å². The highest BCUT2D eigenvalue weighted by Crippen LogP contribution is 2.27. The third-order valence-electron chi connectivity index (χ3n) is 3.94. The van der Waals surface area contributed by atoms with Crippen LogP contribution in [-0.2, 0) is 19.9 Å². The Morgan fingerprint density at radius 3 is 2.90 bits per heavy atom. The van der Waals surface area contributed by atoms with E-state index in [4.69, 9.17) is 5.73 Å². The third kappa shape index (κ3) is 2.45. The van der Waals surface area contributed by atoms with E-state index in [0.29, 0.717) is 12.2 Å². The van der Waals surface area contributed by atoms with Crippen LogP contribution in [0.1, 0.15) is 28.7 Å². The number of benzene rings is 1. The van der Waals surface area contributed by atoms with Gasteiger partial charge in [-0.3, -0.25) is 9.48 Å². The van der Waals surface area contributed by atoms with Gasteiger partial charge in [0.05, 0.1) is 5.69 Å². The maximum atomic E-state index is 12.9. The summed E-state index contributed by atoms with van der Waals surface area (Å²) in [6.07, 6.45) is 1.63. The number of nitrogens with zero attached hydrogens (tertiary/aromatic N) is 3. The van der Waals surface area contributed by atoms with Crippen LogP contribution in [0.2, 0.25) is 0 Å². The van der Waals surface area contributed by atoms with E-state index in [1.807, 2.05) is 44.3 Å². The van der Waals surface area contributed by atoms with E-state index in [2.05, 4.69) is 5.10 Å². The fourth-order valence-corrected chi connectivity index (χ4v) is 2.86. The molecule has 1 atom stereocenters. The third-order valence-corrected chi connectivity index (χ3v) is 3.94. The Morgan fingerprint density at radius 2 is 2.19 bits per heavy atom. The van der Waals surface area contributed by atoms with E-state index < -0.39 is 0 Å². The lowest BCUT2D eigenvalue weighted by Gasteiger charge is -2.32. The number of aromatic nitrogens is 2. The molecular formula is C16H20N4O. The molecule has 0 bridgehead atoms. The standard InChI is InChI=1S/C16H20N4O/c1-3-13-9-15(19(2)18-13)16(21)20-10-12(17)8-11-6-4-5-7-14(11)20/h4-7,9,12H,3,8,10,17H2,1-2H3. The molecule has 0 saturated carbocycles. The Kier molecular flexibility index (Phi) is 3.51. The summed E-state index contributed by atoms with van der Waals surface area (Å²) in [7, 11) is 1.81. The second-order valence-corrected chi connectivity index (χ2v) is 5.51. The molecule has 21 heavy (non-hydrogen) atoms. The van der Waals surface area contributed by atoms with Gasteiger partial charge in [0.2, 0.25) is 0 Å². The first-order valence-electron chi connectivity index (χ1n) is 7.28. The Balaban J connectivity index is 1.99. The van der Waals surface area contributed by atoms with Crippen LogP contribution in [-0.4, -0.2) is 28.3 Å². The summed E-state index contributed by atoms with van der Waals surface area (Å²) in [6.45, 7) is 2.57. The van der Waals surface area contributed by atoms with Crippen molar-refractivity contribution in [3.63, 3.8) is 0 Å². The molecule has 5 nitrogen and oxygen atoms in total. The highest BCUT2D eigenvalue weighted by Gasteiger charge is 2.28. The monoisotopic (exact) mass is 284 g/mol. The molecule has 2 aromatic rings. The smallest absolute Gasteiger partial charge is 0.276 e. The highest BCUT2D eigenvalue weighted by molar-refractivity contribution is 6.05. The minimum atomic E-state index is -0.0349. The Bertz CT molecular complexity index is 677. The molecular weight excluding hydrogens is 264 g/mol. The summed E-state index contributed by atoms with van der Waals surface area (Å²) in [5, 5.41) is 4.36. The summed E-state index contributed by atoms with van der Waals surface area (Å²) >= 11 is 0. The lowest BCUT2D eigenvalue weighted by Crippen LogP contribution is -2.46. The summed E-state index contributed by atoms with van der Waals surface area (Å²) in [6, 6.07) is 9.80. The number of hydrogen-bond acceptors (Lipinski definition) is 3. The molecule has 110 valence electrons. The normalized spacial score (nSPS) is 17.7. The number of fused-ring (bicyclic) bond motifs is 1. The number of rotatable bonds is 2. The van der Waals surface area contributed by atoms with Crippen LogP contribution in [0.25, 0.3) is 0 Å². The first kappa shape index (κ1) is 13.8. The van der Waals surface area contributed by atoms with Crippen LogP contribution in [0.3, 0.4) is 0 Å². The second kappa shape index (κ2) is 5.33. The molecule has 5 heteroatoms. The molecule has 1 unspecified atom stereocenters. The molecule has 1 aliphatic rings. The van der Waals surface area contributed by atoms with Crippen LogP contribution >= 0.6 is 0 Å². The van der Waals surface area contributed by atoms with Gasteiger partial charge in [-0.15, -0.1) is 0 Å². The van der Waals surface area contributed by atoms with Crippen molar-refractivity contribution in [1.82, 2.24) is 9.78 Å². The summed E-state index contributed by atoms with van der Waals surface area (Å²) in [5.41, 5.74) is 9.73. The van der Waals surface area contributed by atoms with Crippen molar-refractivity contribution in [2.75, 3.05) is 11.4 Å². The van der Waals surface area contributed by atoms with Gasteiger partial charge in [0.15, 0.2) is 0 Å². The number of para-hydroxylation sites is 1. The molecule has 1 aliphatic heterocycles.